The normalized spacial score (nSPS) is 12.3. The lowest BCUT2D eigenvalue weighted by atomic mass is 10.1. The van der Waals surface area contributed by atoms with Crippen LogP contribution in [-0.2, 0) is 0 Å². The van der Waals surface area contributed by atoms with Gasteiger partial charge in [0.2, 0.25) is 0 Å². The Hall–Kier alpha value is -2.02. The third-order valence-electron chi connectivity index (χ3n) is 3.34. The van der Waals surface area contributed by atoms with E-state index in [1.165, 1.54) is 27.6 Å². The molecule has 0 aromatic heterocycles. The Morgan fingerprint density at radius 2 is 1.19 bits per heavy atom. The Morgan fingerprint density at radius 3 is 1.57 bits per heavy atom. The Bertz CT molecular complexity index is 496. The number of halogens is 4. The quantitative estimate of drug-likeness (QED) is 0.537. The fraction of sp³-hybridized carbons (Fsp3) is 0.143. The topological polar surface area (TPSA) is 7.68 Å². The molecule has 3 rings (SSSR count). The van der Waals surface area contributed by atoms with Crippen LogP contribution in [-0.4, -0.2) is 21.6 Å². The number of nitrogens with zero attached hydrogens (tertiary/aromatic N) is 1. The SMILES string of the molecule is CN1c2ccccc2[NH+](C)c2ccccc21.FB(F)F.[F-]. The van der Waals surface area contributed by atoms with Crippen molar-refractivity contribution < 1.29 is 22.6 Å². The van der Waals surface area contributed by atoms with Crippen molar-refractivity contribution in [2.24, 2.45) is 0 Å². The molecule has 2 aromatic carbocycles. The van der Waals surface area contributed by atoms with Crippen molar-refractivity contribution in [1.29, 1.82) is 0 Å². The van der Waals surface area contributed by atoms with Crippen molar-refractivity contribution in [2.45, 2.75) is 0 Å². The first-order valence-electron chi connectivity index (χ1n) is 6.20. The van der Waals surface area contributed by atoms with Crippen LogP contribution in [0.4, 0.5) is 35.7 Å². The number of nitrogens with one attached hydrogen (secondary N) is 1. The maximum atomic E-state index is 9.67. The molecule has 1 aliphatic heterocycles. The molecule has 0 spiro atoms. The summed E-state index contributed by atoms with van der Waals surface area (Å²) in [6, 6.07) is 17.1. The number of rotatable bonds is 0. The highest BCUT2D eigenvalue weighted by molar-refractivity contribution is 6.33. The maximum Gasteiger partial charge on any atom is 0.762 e. The van der Waals surface area contributed by atoms with Crippen molar-refractivity contribution >= 4 is 30.3 Å². The summed E-state index contributed by atoms with van der Waals surface area (Å²) in [4.78, 5) is 3.63. The Balaban J connectivity index is 0.000000397. The van der Waals surface area contributed by atoms with Gasteiger partial charge in [-0.25, -0.2) is 0 Å². The van der Waals surface area contributed by atoms with E-state index >= 15 is 0 Å². The van der Waals surface area contributed by atoms with E-state index in [2.05, 4.69) is 67.5 Å². The molecule has 0 radical (unpaired) electrons. The van der Waals surface area contributed by atoms with Gasteiger partial charge in [-0.15, -0.1) is 0 Å². The van der Waals surface area contributed by atoms with Crippen molar-refractivity contribution in [2.75, 3.05) is 19.0 Å². The van der Waals surface area contributed by atoms with Gasteiger partial charge >= 0.3 is 7.54 Å². The second kappa shape index (κ2) is 7.13. The van der Waals surface area contributed by atoms with Crippen LogP contribution in [0.5, 0.6) is 0 Å². The molecule has 0 saturated carbocycles. The molecule has 21 heavy (non-hydrogen) atoms. The van der Waals surface area contributed by atoms with Gasteiger partial charge < -0.3 is 9.60 Å². The zero-order valence-corrected chi connectivity index (χ0v) is 11.7. The van der Waals surface area contributed by atoms with Gasteiger partial charge in [-0.3, -0.25) is 17.8 Å². The monoisotopic (exact) mass is 298 g/mol. The number of benzene rings is 2. The number of fused-ring (bicyclic) bond motifs is 2. The highest BCUT2D eigenvalue weighted by atomic mass is 19.4. The van der Waals surface area contributed by atoms with Gasteiger partial charge in [0.05, 0.1) is 7.05 Å². The largest absolute Gasteiger partial charge is 1.00 e. The molecule has 1 N–H and O–H groups in total. The third-order valence-corrected chi connectivity index (χ3v) is 3.34. The first-order chi connectivity index (χ1) is 9.52. The highest BCUT2D eigenvalue weighted by Crippen LogP contribution is 2.36. The summed E-state index contributed by atoms with van der Waals surface area (Å²) < 4.78 is 29.0. The Morgan fingerprint density at radius 1 is 0.857 bits per heavy atom. The second-order valence-corrected chi connectivity index (χ2v) is 4.47. The van der Waals surface area contributed by atoms with Crippen LogP contribution < -0.4 is 14.5 Å². The number of quaternary nitrogens is 1. The maximum absolute atomic E-state index is 9.67. The first kappa shape index (κ1) is 17.0. The smallest absolute Gasteiger partial charge is 0.762 e. The summed E-state index contributed by atoms with van der Waals surface area (Å²) in [5.74, 6) is 0. The van der Waals surface area contributed by atoms with Crippen LogP contribution in [0.2, 0.25) is 0 Å². The molecular weight excluding hydrogens is 283 g/mol. The summed E-state index contributed by atoms with van der Waals surface area (Å²) in [5, 5.41) is 0. The average Bonchev–Trinajstić information content (AvgIpc) is 2.44. The molecule has 112 valence electrons. The van der Waals surface area contributed by atoms with E-state index in [0.29, 0.717) is 0 Å². The molecule has 0 saturated heterocycles. The molecule has 1 heterocycles. The van der Waals surface area contributed by atoms with Crippen LogP contribution in [0, 0.1) is 0 Å². The predicted octanol–water partition coefficient (Wildman–Crippen LogP) is 0.130. The van der Waals surface area contributed by atoms with E-state index in [-0.39, 0.29) is 4.70 Å². The standard InChI is InChI=1S/C14H14N2.BF3.FH/c1-15-11-7-3-5-9-13(11)16(2)14-10-6-4-8-12(14)15;2-1(3)4;/h3-10H,1-2H3;;1H. The zero-order chi connectivity index (χ0) is 14.7. The van der Waals surface area contributed by atoms with Crippen LogP contribution in [0.15, 0.2) is 48.5 Å². The molecule has 0 aliphatic carbocycles. The fourth-order valence-corrected chi connectivity index (χ4v) is 2.44. The lowest BCUT2D eigenvalue weighted by molar-refractivity contribution is -0.734. The number of hydrogen-bond acceptors (Lipinski definition) is 1. The molecule has 1 aliphatic rings. The van der Waals surface area contributed by atoms with E-state index in [9.17, 15) is 12.9 Å². The highest BCUT2D eigenvalue weighted by Gasteiger charge is 2.27. The van der Waals surface area contributed by atoms with E-state index in [4.69, 9.17) is 0 Å². The van der Waals surface area contributed by atoms with Gasteiger partial charge in [0.1, 0.15) is 11.4 Å². The molecule has 0 amide bonds. The zero-order valence-electron chi connectivity index (χ0n) is 11.7. The summed E-state index contributed by atoms with van der Waals surface area (Å²) in [6.45, 7) is 0. The van der Waals surface area contributed by atoms with Gasteiger partial charge in [0.15, 0.2) is 11.4 Å². The van der Waals surface area contributed by atoms with Crippen molar-refractivity contribution in [1.82, 2.24) is 0 Å². The minimum absolute atomic E-state index is 0. The minimum atomic E-state index is -3.67. The Kier molecular flexibility index (Phi) is 5.78. The van der Waals surface area contributed by atoms with Gasteiger partial charge in [-0.2, -0.15) is 0 Å². The number of hydrogen-bond donors (Lipinski definition) is 1. The molecule has 2 aromatic rings. The Labute approximate surface area is 121 Å². The lowest BCUT2D eigenvalue weighted by Crippen LogP contribution is -3.00. The van der Waals surface area contributed by atoms with E-state index in [1.807, 2.05) is 0 Å². The van der Waals surface area contributed by atoms with Crippen molar-refractivity contribution in [3.05, 3.63) is 48.5 Å². The van der Waals surface area contributed by atoms with Gasteiger partial charge in [0, 0.05) is 19.2 Å². The van der Waals surface area contributed by atoms with Gasteiger partial charge in [-0.05, 0) is 12.1 Å². The molecule has 0 bridgehead atoms. The number of para-hydroxylation sites is 4. The third kappa shape index (κ3) is 3.55. The second-order valence-electron chi connectivity index (χ2n) is 4.47. The molecule has 2 nitrogen and oxygen atoms in total. The summed E-state index contributed by atoms with van der Waals surface area (Å²) in [7, 11) is 0.661. The molecule has 0 atom stereocenters. The first-order valence-corrected chi connectivity index (χ1v) is 6.20. The van der Waals surface area contributed by atoms with Crippen LogP contribution in [0.1, 0.15) is 0 Å². The number of anilines is 2. The van der Waals surface area contributed by atoms with Crippen LogP contribution >= 0.6 is 0 Å². The van der Waals surface area contributed by atoms with E-state index < -0.39 is 7.54 Å². The molecule has 0 unspecified atom stereocenters. The van der Waals surface area contributed by atoms with Crippen LogP contribution in [0.3, 0.4) is 0 Å². The van der Waals surface area contributed by atoms with Crippen molar-refractivity contribution in [3.63, 3.8) is 0 Å². The van der Waals surface area contributed by atoms with Gasteiger partial charge in [-0.1, -0.05) is 24.3 Å². The lowest BCUT2D eigenvalue weighted by Gasteiger charge is -2.31. The molecule has 0 fully saturated rings. The van der Waals surface area contributed by atoms with Crippen LogP contribution in [0.25, 0.3) is 0 Å². The molecular formula is C14H15BF4N2. The van der Waals surface area contributed by atoms with E-state index in [1.54, 1.807) is 0 Å². The summed E-state index contributed by atoms with van der Waals surface area (Å²) in [5.41, 5.74) is 5.25. The van der Waals surface area contributed by atoms with Gasteiger partial charge in [0.25, 0.3) is 0 Å². The predicted molar refractivity (Wildman–Crippen MR) is 76.2 cm³/mol. The minimum Gasteiger partial charge on any atom is -1.00 e. The fourth-order valence-electron chi connectivity index (χ4n) is 2.44. The van der Waals surface area contributed by atoms with Crippen molar-refractivity contribution in [3.8, 4) is 0 Å². The summed E-state index contributed by atoms with van der Waals surface area (Å²) >= 11 is 0. The molecule has 7 heteroatoms. The average molecular weight is 298 g/mol. The van der Waals surface area contributed by atoms with E-state index in [0.717, 1.165) is 0 Å². The summed E-state index contributed by atoms with van der Waals surface area (Å²) in [6.07, 6.45) is 0.